The number of aryl methyl sites for hydroxylation is 1. The molecule has 11 heavy (non-hydrogen) atoms. The predicted molar refractivity (Wildman–Crippen MR) is 41.9 cm³/mol. The fourth-order valence-electron chi connectivity index (χ4n) is 0.863. The lowest BCUT2D eigenvalue weighted by Crippen LogP contribution is -2.17. The van der Waals surface area contributed by atoms with Crippen molar-refractivity contribution in [3.05, 3.63) is 28.2 Å². The van der Waals surface area contributed by atoms with Gasteiger partial charge in [0.2, 0.25) is 5.43 Å². The van der Waals surface area contributed by atoms with E-state index < -0.39 is 0 Å². The minimum absolute atomic E-state index is 0.315. The van der Waals surface area contributed by atoms with Crippen LogP contribution >= 0.6 is 0 Å². The number of nitrogens with two attached hydrogens (primary N) is 1. The summed E-state index contributed by atoms with van der Waals surface area (Å²) in [7, 11) is 0. The van der Waals surface area contributed by atoms with Gasteiger partial charge < -0.3 is 10.9 Å². The van der Waals surface area contributed by atoms with Gasteiger partial charge in [-0.15, -0.1) is 0 Å². The molecule has 4 nitrogen and oxygen atoms in total. The van der Waals surface area contributed by atoms with Crippen LogP contribution in [-0.2, 0) is 6.42 Å². The van der Waals surface area contributed by atoms with Crippen molar-refractivity contribution in [1.29, 1.82) is 0 Å². The van der Waals surface area contributed by atoms with Crippen molar-refractivity contribution < 1.29 is 5.11 Å². The van der Waals surface area contributed by atoms with Gasteiger partial charge in [0.15, 0.2) is 5.75 Å². The molecule has 0 atom stereocenters. The monoisotopic (exact) mass is 154 g/mol. The Labute approximate surface area is 63.9 Å². The van der Waals surface area contributed by atoms with Crippen molar-refractivity contribution in [2.24, 2.45) is 0 Å². The molecule has 3 N–H and O–H groups in total. The second-order valence-electron chi connectivity index (χ2n) is 2.28. The number of pyridine rings is 1. The van der Waals surface area contributed by atoms with Gasteiger partial charge in [0.1, 0.15) is 0 Å². The maximum Gasteiger partial charge on any atom is 0.223 e. The molecule has 1 rings (SSSR count). The fraction of sp³-hybridized carbons (Fsp3) is 0.286. The van der Waals surface area contributed by atoms with E-state index in [0.29, 0.717) is 12.1 Å². The first-order chi connectivity index (χ1) is 5.15. The average Bonchev–Trinajstić information content (AvgIpc) is 1.97. The summed E-state index contributed by atoms with van der Waals surface area (Å²) in [4.78, 5) is 10.8. The molecule has 0 aliphatic rings. The van der Waals surface area contributed by atoms with Crippen LogP contribution in [0.3, 0.4) is 0 Å². The Morgan fingerprint density at radius 3 is 2.91 bits per heavy atom. The zero-order valence-corrected chi connectivity index (χ0v) is 6.24. The van der Waals surface area contributed by atoms with Crippen LogP contribution in [-0.4, -0.2) is 9.78 Å². The highest BCUT2D eigenvalue weighted by atomic mass is 16.3. The SMILES string of the molecule is CCc1cc(=O)c(O)cn1N. The van der Waals surface area contributed by atoms with Gasteiger partial charge in [-0.25, -0.2) is 0 Å². The van der Waals surface area contributed by atoms with E-state index in [1.165, 1.54) is 16.9 Å². The van der Waals surface area contributed by atoms with Gasteiger partial charge in [0.05, 0.1) is 6.20 Å². The van der Waals surface area contributed by atoms with Gasteiger partial charge in [-0.1, -0.05) is 6.92 Å². The van der Waals surface area contributed by atoms with Crippen molar-refractivity contribution in [3.8, 4) is 5.75 Å². The first-order valence-electron chi connectivity index (χ1n) is 3.34. The number of aromatic hydroxyl groups is 1. The molecule has 0 aliphatic carbocycles. The summed E-state index contributed by atoms with van der Waals surface area (Å²) >= 11 is 0. The zero-order valence-electron chi connectivity index (χ0n) is 6.24. The highest BCUT2D eigenvalue weighted by Crippen LogP contribution is 2.01. The third-order valence-corrected chi connectivity index (χ3v) is 1.51. The van der Waals surface area contributed by atoms with Crippen LogP contribution in [0.1, 0.15) is 12.6 Å². The molecule has 0 unspecified atom stereocenters. The van der Waals surface area contributed by atoms with Gasteiger partial charge in [-0.3, -0.25) is 9.47 Å². The lowest BCUT2D eigenvalue weighted by atomic mass is 10.3. The summed E-state index contributed by atoms with van der Waals surface area (Å²) in [5, 5.41) is 8.91. The molecule has 0 bridgehead atoms. The highest BCUT2D eigenvalue weighted by Gasteiger charge is 2.00. The number of hydrogen-bond acceptors (Lipinski definition) is 3. The van der Waals surface area contributed by atoms with E-state index in [1.54, 1.807) is 0 Å². The molecule has 0 aliphatic heterocycles. The van der Waals surface area contributed by atoms with Gasteiger partial charge in [-0.05, 0) is 6.42 Å². The van der Waals surface area contributed by atoms with Crippen molar-refractivity contribution in [2.45, 2.75) is 13.3 Å². The first-order valence-corrected chi connectivity index (χ1v) is 3.34. The molecule has 0 saturated heterocycles. The molecule has 0 amide bonds. The summed E-state index contributed by atoms with van der Waals surface area (Å²) in [5.74, 6) is 5.10. The van der Waals surface area contributed by atoms with E-state index in [-0.39, 0.29) is 11.2 Å². The molecule has 60 valence electrons. The van der Waals surface area contributed by atoms with Crippen LogP contribution in [0.4, 0.5) is 0 Å². The Hall–Kier alpha value is -1.45. The van der Waals surface area contributed by atoms with Crippen LogP contribution in [0.25, 0.3) is 0 Å². The lowest BCUT2D eigenvalue weighted by Gasteiger charge is -2.04. The van der Waals surface area contributed by atoms with Crippen LogP contribution in [0.5, 0.6) is 5.75 Å². The van der Waals surface area contributed by atoms with Crippen molar-refractivity contribution in [1.82, 2.24) is 4.68 Å². The first kappa shape index (κ1) is 7.65. The average molecular weight is 154 g/mol. The van der Waals surface area contributed by atoms with E-state index >= 15 is 0 Å². The van der Waals surface area contributed by atoms with Crippen molar-refractivity contribution in [3.63, 3.8) is 0 Å². The summed E-state index contributed by atoms with van der Waals surface area (Å²) in [5.41, 5.74) is 0.316. The molecule has 0 radical (unpaired) electrons. The smallest absolute Gasteiger partial charge is 0.223 e. The summed E-state index contributed by atoms with van der Waals surface area (Å²) < 4.78 is 1.25. The summed E-state index contributed by atoms with van der Waals surface area (Å²) in [6.07, 6.45) is 1.88. The number of nitrogens with zero attached hydrogens (tertiary/aromatic N) is 1. The zero-order chi connectivity index (χ0) is 8.43. The van der Waals surface area contributed by atoms with E-state index in [0.717, 1.165) is 0 Å². The number of hydrogen-bond donors (Lipinski definition) is 2. The fourth-order valence-corrected chi connectivity index (χ4v) is 0.863. The van der Waals surface area contributed by atoms with E-state index in [9.17, 15) is 4.79 Å². The molecule has 0 fully saturated rings. The van der Waals surface area contributed by atoms with Crippen LogP contribution in [0, 0.1) is 0 Å². The van der Waals surface area contributed by atoms with Crippen molar-refractivity contribution in [2.75, 3.05) is 5.84 Å². The third kappa shape index (κ3) is 1.34. The Kier molecular flexibility index (Phi) is 1.85. The molecular weight excluding hydrogens is 144 g/mol. The summed E-state index contributed by atoms with van der Waals surface area (Å²) in [6.45, 7) is 1.88. The van der Waals surface area contributed by atoms with E-state index in [1.807, 2.05) is 6.92 Å². The van der Waals surface area contributed by atoms with Crippen LogP contribution in [0.2, 0.25) is 0 Å². The molecule has 1 heterocycles. The highest BCUT2D eigenvalue weighted by molar-refractivity contribution is 5.20. The van der Waals surface area contributed by atoms with Gasteiger partial charge in [-0.2, -0.15) is 0 Å². The second kappa shape index (κ2) is 2.65. The molecule has 0 saturated carbocycles. The maximum absolute atomic E-state index is 10.8. The summed E-state index contributed by atoms with van der Waals surface area (Å²) in [6, 6.07) is 1.33. The molecule has 1 aromatic heterocycles. The Morgan fingerprint density at radius 2 is 2.36 bits per heavy atom. The van der Waals surface area contributed by atoms with E-state index in [4.69, 9.17) is 10.9 Å². The van der Waals surface area contributed by atoms with Gasteiger partial charge in [0, 0.05) is 11.8 Å². The van der Waals surface area contributed by atoms with Crippen LogP contribution < -0.4 is 11.3 Å². The quantitative estimate of drug-likeness (QED) is 0.552. The standard InChI is InChI=1S/C7H10N2O2/c1-2-5-3-6(10)7(11)4-9(5)8/h3-4,11H,2,8H2,1H3. The Bertz CT molecular complexity index is 317. The molecule has 4 heteroatoms. The third-order valence-electron chi connectivity index (χ3n) is 1.51. The Balaban J connectivity index is 3.32. The Morgan fingerprint density at radius 1 is 1.73 bits per heavy atom. The molecule has 0 aromatic carbocycles. The minimum atomic E-state index is -0.386. The topological polar surface area (TPSA) is 68.2 Å². The van der Waals surface area contributed by atoms with E-state index in [2.05, 4.69) is 0 Å². The number of nitrogen functional groups attached to an aromatic ring is 1. The number of rotatable bonds is 1. The predicted octanol–water partition coefficient (Wildman–Crippen LogP) is -0.170. The lowest BCUT2D eigenvalue weighted by molar-refractivity contribution is 0.463. The number of aromatic nitrogens is 1. The van der Waals surface area contributed by atoms with Crippen LogP contribution in [0.15, 0.2) is 17.1 Å². The van der Waals surface area contributed by atoms with Gasteiger partial charge in [0.25, 0.3) is 0 Å². The molecule has 0 spiro atoms. The normalized spacial score (nSPS) is 9.91. The minimum Gasteiger partial charge on any atom is -0.503 e. The van der Waals surface area contributed by atoms with Crippen molar-refractivity contribution >= 4 is 0 Å². The van der Waals surface area contributed by atoms with Gasteiger partial charge >= 0.3 is 0 Å². The second-order valence-corrected chi connectivity index (χ2v) is 2.28. The molecule has 1 aromatic rings. The molecular formula is C7H10N2O2. The maximum atomic E-state index is 10.8. The largest absolute Gasteiger partial charge is 0.503 e.